The number of phosphoric ester groups is 1. The highest BCUT2D eigenvalue weighted by molar-refractivity contribution is 7.46. The molecule has 120 valence electrons. The van der Waals surface area contributed by atoms with E-state index in [-0.39, 0.29) is 19.4 Å². The summed E-state index contributed by atoms with van der Waals surface area (Å²) in [5.74, 6) is 0. The summed E-state index contributed by atoms with van der Waals surface area (Å²) in [5.41, 5.74) is -1.33. The Morgan fingerprint density at radius 1 is 1.38 bits per heavy atom. The molecule has 0 saturated carbocycles. The Labute approximate surface area is 119 Å². The minimum absolute atomic E-state index is 0.0645. The van der Waals surface area contributed by atoms with E-state index >= 15 is 0 Å². The van der Waals surface area contributed by atoms with Crippen molar-refractivity contribution < 1.29 is 28.7 Å². The minimum atomic E-state index is -4.59. The van der Waals surface area contributed by atoms with Crippen LogP contribution in [0.2, 0.25) is 0 Å². The molecule has 0 aliphatic heterocycles. The van der Waals surface area contributed by atoms with Crippen LogP contribution in [-0.2, 0) is 13.8 Å². The third-order valence-corrected chi connectivity index (χ3v) is 3.17. The summed E-state index contributed by atoms with van der Waals surface area (Å²) < 4.78 is 20.8. The third kappa shape index (κ3) is 6.34. The lowest BCUT2D eigenvalue weighted by atomic mass is 10.2. The number of hydrogen-bond acceptors (Lipinski definition) is 6. The first kappa shape index (κ1) is 17.8. The zero-order chi connectivity index (χ0) is 16.0. The van der Waals surface area contributed by atoms with Crippen molar-refractivity contribution in [2.75, 3.05) is 13.7 Å². The number of rotatable bonds is 8. The van der Waals surface area contributed by atoms with Crippen LogP contribution in [0.25, 0.3) is 0 Å². The van der Waals surface area contributed by atoms with Gasteiger partial charge in [0, 0.05) is 19.4 Å². The molecule has 1 aromatic heterocycles. The number of ether oxygens (including phenoxy) is 1. The average Bonchev–Trinajstić information content (AvgIpc) is 2.37. The SMILES string of the molecule is CO[C@H](CC[C@@H](O)n1ccc(=O)[nH]c1=O)COP(=O)(O)O. The van der Waals surface area contributed by atoms with Crippen molar-refractivity contribution in [2.24, 2.45) is 0 Å². The molecule has 0 amide bonds. The largest absolute Gasteiger partial charge is 0.469 e. The van der Waals surface area contributed by atoms with E-state index in [0.717, 1.165) is 16.8 Å². The molecule has 1 aromatic rings. The van der Waals surface area contributed by atoms with Crippen LogP contribution >= 0.6 is 7.82 Å². The first-order valence-corrected chi connectivity index (χ1v) is 7.48. The van der Waals surface area contributed by atoms with Crippen LogP contribution in [0.3, 0.4) is 0 Å². The second-order valence-electron chi connectivity index (χ2n) is 4.22. The van der Waals surface area contributed by atoms with E-state index in [1.165, 1.54) is 7.11 Å². The smallest absolute Gasteiger partial charge is 0.379 e. The van der Waals surface area contributed by atoms with E-state index in [1.807, 2.05) is 4.98 Å². The molecule has 4 N–H and O–H groups in total. The second-order valence-corrected chi connectivity index (χ2v) is 5.46. The summed E-state index contributed by atoms with van der Waals surface area (Å²) in [5, 5.41) is 9.86. The number of hydrogen-bond donors (Lipinski definition) is 4. The van der Waals surface area contributed by atoms with E-state index in [0.29, 0.717) is 0 Å². The maximum absolute atomic E-state index is 11.4. The molecule has 0 aromatic carbocycles. The predicted octanol–water partition coefficient (Wildman–Crippen LogP) is -1.07. The molecule has 1 heterocycles. The molecule has 0 fully saturated rings. The van der Waals surface area contributed by atoms with Crippen molar-refractivity contribution in [3.63, 3.8) is 0 Å². The number of aromatic amines is 1. The molecule has 0 aliphatic rings. The first-order valence-electron chi connectivity index (χ1n) is 5.95. The van der Waals surface area contributed by atoms with E-state index in [2.05, 4.69) is 4.52 Å². The Kier molecular flexibility index (Phi) is 6.46. The molecule has 0 saturated heterocycles. The summed E-state index contributed by atoms with van der Waals surface area (Å²) in [7, 11) is -3.26. The van der Waals surface area contributed by atoms with Crippen LogP contribution in [0, 0.1) is 0 Å². The molecular formula is C10H17N2O8P. The fraction of sp³-hybridized carbons (Fsp3) is 0.600. The summed E-state index contributed by atoms with van der Waals surface area (Å²) >= 11 is 0. The zero-order valence-corrected chi connectivity index (χ0v) is 12.1. The Morgan fingerprint density at radius 2 is 2.05 bits per heavy atom. The molecule has 0 radical (unpaired) electrons. The number of methoxy groups -OCH3 is 1. The quantitative estimate of drug-likeness (QED) is 0.441. The van der Waals surface area contributed by atoms with Crippen molar-refractivity contribution in [1.29, 1.82) is 0 Å². The topological polar surface area (TPSA) is 151 Å². The van der Waals surface area contributed by atoms with Gasteiger partial charge in [-0.3, -0.25) is 18.9 Å². The predicted molar refractivity (Wildman–Crippen MR) is 70.6 cm³/mol. The molecule has 2 atom stereocenters. The molecular weight excluding hydrogens is 307 g/mol. The highest BCUT2D eigenvalue weighted by Gasteiger charge is 2.19. The van der Waals surface area contributed by atoms with Crippen LogP contribution in [0.5, 0.6) is 0 Å². The van der Waals surface area contributed by atoms with Crippen molar-refractivity contribution in [3.8, 4) is 0 Å². The van der Waals surface area contributed by atoms with Gasteiger partial charge in [-0.1, -0.05) is 0 Å². The van der Waals surface area contributed by atoms with Gasteiger partial charge in [-0.2, -0.15) is 0 Å². The zero-order valence-electron chi connectivity index (χ0n) is 11.2. The highest BCUT2D eigenvalue weighted by Crippen LogP contribution is 2.36. The van der Waals surface area contributed by atoms with Gasteiger partial charge < -0.3 is 19.6 Å². The molecule has 11 heteroatoms. The summed E-state index contributed by atoms with van der Waals surface area (Å²) in [6.45, 7) is -0.353. The maximum Gasteiger partial charge on any atom is 0.469 e. The van der Waals surface area contributed by atoms with Crippen LogP contribution in [0.1, 0.15) is 19.1 Å². The Balaban J connectivity index is 2.58. The highest BCUT2D eigenvalue weighted by atomic mass is 31.2. The van der Waals surface area contributed by atoms with Crippen LogP contribution in [0.15, 0.2) is 21.9 Å². The number of aliphatic hydroxyl groups is 1. The monoisotopic (exact) mass is 324 g/mol. The molecule has 21 heavy (non-hydrogen) atoms. The number of nitrogens with zero attached hydrogens (tertiary/aromatic N) is 1. The molecule has 10 nitrogen and oxygen atoms in total. The van der Waals surface area contributed by atoms with Gasteiger partial charge in [-0.25, -0.2) is 9.36 Å². The first-order chi connectivity index (χ1) is 9.73. The molecule has 0 aliphatic carbocycles. The van der Waals surface area contributed by atoms with Crippen molar-refractivity contribution in [2.45, 2.75) is 25.2 Å². The summed E-state index contributed by atoms with van der Waals surface area (Å²) in [4.78, 5) is 41.5. The van der Waals surface area contributed by atoms with E-state index in [4.69, 9.17) is 14.5 Å². The molecule has 0 spiro atoms. The van der Waals surface area contributed by atoms with E-state index in [1.54, 1.807) is 0 Å². The number of H-pyrrole nitrogens is 1. The summed E-state index contributed by atoms with van der Waals surface area (Å²) in [6.07, 6.45) is -0.467. The molecule has 0 unspecified atom stereocenters. The van der Waals surface area contributed by atoms with Crippen molar-refractivity contribution in [3.05, 3.63) is 33.1 Å². The van der Waals surface area contributed by atoms with Gasteiger partial charge in [0.1, 0.15) is 6.23 Å². The van der Waals surface area contributed by atoms with Gasteiger partial charge in [0.15, 0.2) is 0 Å². The van der Waals surface area contributed by atoms with Gasteiger partial charge in [0.05, 0.1) is 12.7 Å². The van der Waals surface area contributed by atoms with Gasteiger partial charge >= 0.3 is 13.5 Å². The van der Waals surface area contributed by atoms with Gasteiger partial charge in [-0.05, 0) is 12.8 Å². The lowest BCUT2D eigenvalue weighted by Gasteiger charge is -2.18. The Hall–Kier alpha value is -1.29. The number of aromatic nitrogens is 2. The van der Waals surface area contributed by atoms with Gasteiger partial charge in [0.2, 0.25) is 0 Å². The second kappa shape index (κ2) is 7.64. The van der Waals surface area contributed by atoms with Gasteiger partial charge in [0.25, 0.3) is 5.56 Å². The van der Waals surface area contributed by atoms with Crippen molar-refractivity contribution >= 4 is 7.82 Å². The van der Waals surface area contributed by atoms with E-state index in [9.17, 15) is 19.3 Å². The maximum atomic E-state index is 11.4. The number of nitrogens with one attached hydrogen (secondary N) is 1. The number of phosphoric acid groups is 1. The summed E-state index contributed by atoms with van der Waals surface area (Å²) in [6, 6.07) is 1.09. The Morgan fingerprint density at radius 3 is 2.57 bits per heavy atom. The minimum Gasteiger partial charge on any atom is -0.379 e. The van der Waals surface area contributed by atoms with Crippen molar-refractivity contribution in [1.82, 2.24) is 9.55 Å². The van der Waals surface area contributed by atoms with Gasteiger partial charge in [-0.15, -0.1) is 0 Å². The molecule has 1 rings (SSSR count). The Bertz CT molecular complexity index is 606. The van der Waals surface area contributed by atoms with Crippen LogP contribution < -0.4 is 11.2 Å². The third-order valence-electron chi connectivity index (χ3n) is 2.68. The normalized spacial score (nSPS) is 14.9. The number of aliphatic hydroxyl groups excluding tert-OH is 1. The fourth-order valence-electron chi connectivity index (χ4n) is 1.59. The average molecular weight is 324 g/mol. The van der Waals surface area contributed by atoms with E-state index < -0.39 is 31.4 Å². The standard InChI is InChI=1S/C10H17N2O8P/c1-19-7(6-20-21(16,17)18)2-3-9(14)12-5-4-8(13)11-10(12)15/h4-5,7,9,14H,2-3,6H2,1H3,(H,11,13,15)(H2,16,17,18)/t7-,9-/m1/s1. The lowest BCUT2D eigenvalue weighted by molar-refractivity contribution is 0.0169. The van der Waals surface area contributed by atoms with Crippen LogP contribution in [-0.4, -0.2) is 44.3 Å². The fourth-order valence-corrected chi connectivity index (χ4v) is 1.95. The lowest BCUT2D eigenvalue weighted by Crippen LogP contribution is -2.32. The van der Waals surface area contributed by atoms with Crippen LogP contribution in [0.4, 0.5) is 0 Å². The molecule has 0 bridgehead atoms.